The number of hydrogen-bond donors (Lipinski definition) is 2. The molecule has 0 aromatic carbocycles. The number of hydrogen-bond acceptors (Lipinski definition) is 9. The largest absolute Gasteiger partial charge is 0.411 e. The van der Waals surface area contributed by atoms with Crippen molar-refractivity contribution in [1.29, 1.82) is 0 Å². The van der Waals surface area contributed by atoms with Gasteiger partial charge in [-0.2, -0.15) is 23.3 Å². The number of aryl methyl sites for hydroxylation is 1. The molecule has 2 N–H and O–H groups in total. The second-order valence-electron chi connectivity index (χ2n) is 8.69. The van der Waals surface area contributed by atoms with E-state index >= 15 is 0 Å². The van der Waals surface area contributed by atoms with Crippen molar-refractivity contribution in [3.05, 3.63) is 29.6 Å². The molecule has 196 valence electrons. The standard InChI is InChI=1S/C23H31F3N8O2/c1-4-35-13-17-19-20(34(32-17)9-10-36-14-23(24,25)26)21(29-18-11-15(2)5-6-28-18)31-22(30-19)33-8-7-27-16(3)12-33/h5-6,11,16,27H,4,7-10,12-14H2,1-3H3,(H,28,29,30,31)/t16-/m1/s1. The predicted molar refractivity (Wildman–Crippen MR) is 129 cm³/mol. The van der Waals surface area contributed by atoms with Crippen LogP contribution in [0.25, 0.3) is 11.0 Å². The molecular weight excluding hydrogens is 477 g/mol. The van der Waals surface area contributed by atoms with Crippen molar-refractivity contribution in [3.63, 3.8) is 0 Å². The maximum atomic E-state index is 12.6. The molecule has 0 aliphatic carbocycles. The Balaban J connectivity index is 1.76. The normalized spacial score (nSPS) is 16.6. The van der Waals surface area contributed by atoms with Crippen LogP contribution in [0.1, 0.15) is 25.1 Å². The number of rotatable bonds is 10. The average molecular weight is 509 g/mol. The molecular formula is C23H31F3N8O2. The van der Waals surface area contributed by atoms with Gasteiger partial charge in [0.15, 0.2) is 5.82 Å². The zero-order valence-corrected chi connectivity index (χ0v) is 20.6. The lowest BCUT2D eigenvalue weighted by molar-refractivity contribution is -0.174. The third-order valence-corrected chi connectivity index (χ3v) is 5.61. The fourth-order valence-corrected chi connectivity index (χ4v) is 4.00. The number of pyridine rings is 1. The lowest BCUT2D eigenvalue weighted by Crippen LogP contribution is -2.49. The van der Waals surface area contributed by atoms with Gasteiger partial charge in [0.2, 0.25) is 5.95 Å². The summed E-state index contributed by atoms with van der Waals surface area (Å²) >= 11 is 0. The Bertz CT molecular complexity index is 1170. The van der Waals surface area contributed by atoms with Crippen molar-refractivity contribution in [2.75, 3.05) is 49.7 Å². The molecule has 0 saturated carbocycles. The molecule has 3 aromatic rings. The SMILES string of the molecule is CCOCc1nn(CCOCC(F)(F)F)c2c(Nc3cc(C)ccn3)nc(N3CCN[C@H](C)C3)nc12. The van der Waals surface area contributed by atoms with Gasteiger partial charge in [0.25, 0.3) is 0 Å². The van der Waals surface area contributed by atoms with E-state index in [1.165, 1.54) is 0 Å². The summed E-state index contributed by atoms with van der Waals surface area (Å²) in [5.74, 6) is 1.59. The van der Waals surface area contributed by atoms with E-state index in [4.69, 9.17) is 19.4 Å². The van der Waals surface area contributed by atoms with E-state index in [1.807, 2.05) is 26.0 Å². The van der Waals surface area contributed by atoms with Gasteiger partial charge in [0.1, 0.15) is 29.2 Å². The van der Waals surface area contributed by atoms with Crippen LogP contribution >= 0.6 is 0 Å². The summed E-state index contributed by atoms with van der Waals surface area (Å²) in [6, 6.07) is 4.04. The molecule has 1 aliphatic heterocycles. The van der Waals surface area contributed by atoms with Crippen molar-refractivity contribution < 1.29 is 22.6 Å². The highest BCUT2D eigenvalue weighted by molar-refractivity contribution is 5.90. The van der Waals surface area contributed by atoms with Crippen molar-refractivity contribution in [3.8, 4) is 0 Å². The lowest BCUT2D eigenvalue weighted by atomic mass is 10.2. The molecule has 1 saturated heterocycles. The first-order chi connectivity index (χ1) is 17.2. The number of nitrogens with zero attached hydrogens (tertiary/aromatic N) is 6. The number of nitrogens with one attached hydrogen (secondary N) is 2. The summed E-state index contributed by atoms with van der Waals surface area (Å²) < 4.78 is 49.7. The van der Waals surface area contributed by atoms with Crippen LogP contribution < -0.4 is 15.5 Å². The van der Waals surface area contributed by atoms with Crippen molar-refractivity contribution in [2.45, 2.75) is 46.1 Å². The Morgan fingerprint density at radius 3 is 2.81 bits per heavy atom. The zero-order valence-electron chi connectivity index (χ0n) is 20.6. The molecule has 4 heterocycles. The molecule has 0 bridgehead atoms. The topological polar surface area (TPSA) is 102 Å². The van der Waals surface area contributed by atoms with Gasteiger partial charge in [-0.25, -0.2) is 9.97 Å². The number of piperazine rings is 1. The van der Waals surface area contributed by atoms with E-state index in [1.54, 1.807) is 10.9 Å². The van der Waals surface area contributed by atoms with Crippen LogP contribution in [0.3, 0.4) is 0 Å². The maximum absolute atomic E-state index is 12.6. The number of anilines is 3. The van der Waals surface area contributed by atoms with Crippen LogP contribution in [0, 0.1) is 6.92 Å². The van der Waals surface area contributed by atoms with Crippen molar-refractivity contribution in [1.82, 2.24) is 30.0 Å². The zero-order chi connectivity index (χ0) is 25.7. The summed E-state index contributed by atoms with van der Waals surface area (Å²) in [6.07, 6.45) is -2.70. The molecule has 1 aliphatic rings. The van der Waals surface area contributed by atoms with Crippen LogP contribution in [0.5, 0.6) is 0 Å². The van der Waals surface area contributed by atoms with Crippen LogP contribution in [-0.2, 0) is 22.6 Å². The van der Waals surface area contributed by atoms with Crippen LogP contribution in [0.15, 0.2) is 18.3 Å². The summed E-state index contributed by atoms with van der Waals surface area (Å²) in [6.45, 7) is 7.47. The number of aromatic nitrogens is 5. The Hall–Kier alpha value is -3.03. The summed E-state index contributed by atoms with van der Waals surface area (Å²) in [7, 11) is 0. The molecule has 0 unspecified atom stereocenters. The highest BCUT2D eigenvalue weighted by atomic mass is 19.4. The lowest BCUT2D eigenvalue weighted by Gasteiger charge is -2.32. The van der Waals surface area contributed by atoms with Crippen LogP contribution in [-0.4, -0.2) is 76.4 Å². The minimum Gasteiger partial charge on any atom is -0.375 e. The van der Waals surface area contributed by atoms with Crippen LogP contribution in [0.2, 0.25) is 0 Å². The summed E-state index contributed by atoms with van der Waals surface area (Å²) in [5.41, 5.74) is 2.72. The molecule has 0 radical (unpaired) electrons. The van der Waals surface area contributed by atoms with Gasteiger partial charge in [-0.05, 0) is 38.5 Å². The number of fused-ring (bicyclic) bond motifs is 1. The van der Waals surface area contributed by atoms with E-state index in [0.717, 1.165) is 25.2 Å². The fraction of sp³-hybridized carbons (Fsp3) is 0.565. The molecule has 36 heavy (non-hydrogen) atoms. The van der Waals surface area contributed by atoms with Gasteiger partial charge in [0.05, 0.1) is 19.8 Å². The van der Waals surface area contributed by atoms with Gasteiger partial charge in [-0.1, -0.05) is 0 Å². The maximum Gasteiger partial charge on any atom is 0.411 e. The second kappa shape index (κ2) is 11.4. The van der Waals surface area contributed by atoms with Gasteiger partial charge in [0, 0.05) is 38.5 Å². The third-order valence-electron chi connectivity index (χ3n) is 5.61. The number of halogens is 3. The molecule has 4 rings (SSSR count). The van der Waals surface area contributed by atoms with E-state index in [0.29, 0.717) is 40.9 Å². The third kappa shape index (κ3) is 6.59. The van der Waals surface area contributed by atoms with E-state index in [9.17, 15) is 13.2 Å². The molecule has 1 atom stereocenters. The van der Waals surface area contributed by atoms with Gasteiger partial charge in [-0.15, -0.1) is 0 Å². The molecule has 10 nitrogen and oxygen atoms in total. The minimum atomic E-state index is -4.39. The number of alkyl halides is 3. The molecule has 13 heteroatoms. The fourth-order valence-electron chi connectivity index (χ4n) is 4.00. The molecule has 1 fully saturated rings. The van der Waals surface area contributed by atoms with Crippen molar-refractivity contribution in [2.24, 2.45) is 0 Å². The molecule has 0 amide bonds. The van der Waals surface area contributed by atoms with E-state index in [2.05, 4.69) is 32.5 Å². The van der Waals surface area contributed by atoms with Gasteiger partial charge >= 0.3 is 6.18 Å². The van der Waals surface area contributed by atoms with Crippen LogP contribution in [0.4, 0.5) is 30.8 Å². The monoisotopic (exact) mass is 508 g/mol. The van der Waals surface area contributed by atoms with Gasteiger partial charge in [-0.3, -0.25) is 4.68 Å². The smallest absolute Gasteiger partial charge is 0.375 e. The Morgan fingerprint density at radius 2 is 2.08 bits per heavy atom. The minimum absolute atomic E-state index is 0.0853. The Labute approximate surface area is 207 Å². The van der Waals surface area contributed by atoms with Crippen molar-refractivity contribution >= 4 is 28.6 Å². The van der Waals surface area contributed by atoms with E-state index < -0.39 is 12.8 Å². The highest BCUT2D eigenvalue weighted by Gasteiger charge is 2.28. The summed E-state index contributed by atoms with van der Waals surface area (Å²) in [4.78, 5) is 16.1. The first-order valence-electron chi connectivity index (χ1n) is 11.9. The molecule has 0 spiro atoms. The highest BCUT2D eigenvalue weighted by Crippen LogP contribution is 2.29. The quantitative estimate of drug-likeness (QED) is 0.400. The predicted octanol–water partition coefficient (Wildman–Crippen LogP) is 3.19. The second-order valence-corrected chi connectivity index (χ2v) is 8.69. The average Bonchev–Trinajstić information content (AvgIpc) is 3.17. The Kier molecular flexibility index (Phi) is 8.21. The molecule has 3 aromatic heterocycles. The Morgan fingerprint density at radius 1 is 1.25 bits per heavy atom. The number of ether oxygens (including phenoxy) is 2. The first-order valence-corrected chi connectivity index (χ1v) is 11.9. The first kappa shape index (κ1) is 26.0. The van der Waals surface area contributed by atoms with E-state index in [-0.39, 0.29) is 25.8 Å². The van der Waals surface area contributed by atoms with Gasteiger partial charge < -0.3 is 25.0 Å². The summed E-state index contributed by atoms with van der Waals surface area (Å²) in [5, 5.41) is 11.3.